The summed E-state index contributed by atoms with van der Waals surface area (Å²) >= 11 is 0. The molecule has 0 unspecified atom stereocenters. The first-order valence-electron chi connectivity index (χ1n) is 9.32. The monoisotopic (exact) mass is 437 g/mol. The molecule has 0 aliphatic carbocycles. The molecule has 2 rings (SSSR count). The molecule has 0 aliphatic rings. The van der Waals surface area contributed by atoms with Crippen molar-refractivity contribution < 1.29 is 27.9 Å². The smallest absolute Gasteiger partial charge is 0.453 e. The minimum absolute atomic E-state index is 0.103. The Morgan fingerprint density at radius 2 is 2.03 bits per heavy atom. The fraction of sp³-hybridized carbons (Fsp3) is 0.350. The molecule has 31 heavy (non-hydrogen) atoms. The number of ether oxygens (including phenoxy) is 1. The zero-order valence-electron chi connectivity index (χ0n) is 17.0. The molecule has 1 heterocycles. The summed E-state index contributed by atoms with van der Waals surface area (Å²) in [5, 5.41) is 23.0. The van der Waals surface area contributed by atoms with Gasteiger partial charge in [0, 0.05) is 5.56 Å². The summed E-state index contributed by atoms with van der Waals surface area (Å²) < 4.78 is 46.2. The number of nitriles is 1. The van der Waals surface area contributed by atoms with E-state index in [2.05, 4.69) is 27.4 Å². The van der Waals surface area contributed by atoms with Gasteiger partial charge < -0.3 is 14.7 Å². The third-order valence-electron chi connectivity index (χ3n) is 4.24. The van der Waals surface area contributed by atoms with Gasteiger partial charge >= 0.3 is 12.1 Å². The van der Waals surface area contributed by atoms with Gasteiger partial charge in [-0.05, 0) is 31.0 Å². The van der Waals surface area contributed by atoms with Crippen LogP contribution in [-0.4, -0.2) is 33.6 Å². The van der Waals surface area contributed by atoms with Crippen molar-refractivity contribution in [2.75, 3.05) is 6.61 Å². The normalized spacial score (nSPS) is 11.9. The van der Waals surface area contributed by atoms with Gasteiger partial charge in [-0.25, -0.2) is 4.99 Å². The Bertz CT molecular complexity index is 1020. The van der Waals surface area contributed by atoms with Crippen molar-refractivity contribution in [1.82, 2.24) is 9.78 Å². The predicted molar refractivity (Wildman–Crippen MR) is 107 cm³/mol. The van der Waals surface area contributed by atoms with Crippen LogP contribution in [0.3, 0.4) is 0 Å². The molecule has 0 aliphatic heterocycles. The van der Waals surface area contributed by atoms with Crippen LogP contribution in [0.25, 0.3) is 5.70 Å². The molecule has 0 spiro atoms. The summed E-state index contributed by atoms with van der Waals surface area (Å²) in [6.07, 6.45) is -3.80. The molecule has 166 valence electrons. The number of halogens is 3. The van der Waals surface area contributed by atoms with E-state index in [-0.39, 0.29) is 35.7 Å². The Balaban J connectivity index is 2.50. The highest BCUT2D eigenvalue weighted by atomic mass is 19.4. The minimum atomic E-state index is -4.91. The molecule has 3 N–H and O–H groups in total. The largest absolute Gasteiger partial charge is 0.470 e. The number of rotatable bonds is 8. The quantitative estimate of drug-likeness (QED) is 0.371. The van der Waals surface area contributed by atoms with Crippen LogP contribution in [0.4, 0.5) is 13.2 Å². The second-order valence-corrected chi connectivity index (χ2v) is 6.32. The van der Waals surface area contributed by atoms with Crippen LogP contribution in [0.15, 0.2) is 29.8 Å². The molecule has 11 heteroatoms. The molecule has 1 aromatic heterocycles. The molecule has 0 saturated heterocycles. The van der Waals surface area contributed by atoms with Gasteiger partial charge in [0.1, 0.15) is 11.4 Å². The van der Waals surface area contributed by atoms with Crippen molar-refractivity contribution in [2.24, 2.45) is 10.9 Å². The van der Waals surface area contributed by atoms with E-state index in [0.717, 1.165) is 5.69 Å². The van der Waals surface area contributed by atoms with Crippen LogP contribution in [-0.2, 0) is 24.2 Å². The van der Waals surface area contributed by atoms with Crippen LogP contribution in [0.2, 0.25) is 0 Å². The number of aryl methyl sites for hydroxylation is 1. The SMILES string of the molecule is C=C(N=C(ON)C(F)(F)F)c1cc(C#N)cc(Oc2c(CC)nn(CCO)c2CC)c1. The predicted octanol–water partition coefficient (Wildman–Crippen LogP) is 3.49. The summed E-state index contributed by atoms with van der Waals surface area (Å²) in [5.74, 6) is 3.66. The molecule has 8 nitrogen and oxygen atoms in total. The molecule has 2 aromatic rings. The lowest BCUT2D eigenvalue weighted by Crippen LogP contribution is -2.28. The van der Waals surface area contributed by atoms with E-state index >= 15 is 0 Å². The fourth-order valence-corrected chi connectivity index (χ4v) is 2.86. The van der Waals surface area contributed by atoms with Gasteiger partial charge in [-0.3, -0.25) is 4.68 Å². The van der Waals surface area contributed by atoms with Crippen molar-refractivity contribution in [3.8, 4) is 17.6 Å². The van der Waals surface area contributed by atoms with Gasteiger partial charge in [-0.15, -0.1) is 0 Å². The average molecular weight is 437 g/mol. The Morgan fingerprint density at radius 1 is 1.32 bits per heavy atom. The number of alkyl halides is 3. The number of aliphatic hydroxyl groups is 1. The third-order valence-corrected chi connectivity index (χ3v) is 4.24. The number of nitrogens with zero attached hydrogens (tertiary/aromatic N) is 4. The maximum Gasteiger partial charge on any atom is 0.470 e. The van der Waals surface area contributed by atoms with Crippen molar-refractivity contribution in [3.63, 3.8) is 0 Å². The van der Waals surface area contributed by atoms with Gasteiger partial charge in [0.25, 0.3) is 0 Å². The van der Waals surface area contributed by atoms with Crippen LogP contribution < -0.4 is 10.6 Å². The van der Waals surface area contributed by atoms with E-state index in [4.69, 9.17) is 4.74 Å². The van der Waals surface area contributed by atoms with Crippen molar-refractivity contribution >= 4 is 11.6 Å². The summed E-state index contributed by atoms with van der Waals surface area (Å²) in [7, 11) is 0. The van der Waals surface area contributed by atoms with E-state index < -0.39 is 12.1 Å². The van der Waals surface area contributed by atoms with Gasteiger partial charge in [0.2, 0.25) is 0 Å². The van der Waals surface area contributed by atoms with Crippen molar-refractivity contribution in [3.05, 3.63) is 47.3 Å². The molecule has 1 aromatic carbocycles. The number of benzene rings is 1. The van der Waals surface area contributed by atoms with E-state index in [1.165, 1.54) is 18.2 Å². The van der Waals surface area contributed by atoms with Crippen LogP contribution in [0.1, 0.15) is 36.4 Å². The van der Waals surface area contributed by atoms with E-state index in [0.29, 0.717) is 24.3 Å². The second kappa shape index (κ2) is 10.1. The van der Waals surface area contributed by atoms with Crippen molar-refractivity contribution in [2.45, 2.75) is 39.4 Å². The number of nitrogens with two attached hydrogens (primary N) is 1. The summed E-state index contributed by atoms with van der Waals surface area (Å²) in [5.41, 5.74) is 1.31. The van der Waals surface area contributed by atoms with Crippen molar-refractivity contribution in [1.29, 1.82) is 5.26 Å². The van der Waals surface area contributed by atoms with E-state index in [9.17, 15) is 23.5 Å². The van der Waals surface area contributed by atoms with Crippen LogP contribution in [0.5, 0.6) is 11.5 Å². The highest BCUT2D eigenvalue weighted by Gasteiger charge is 2.38. The molecule has 0 amide bonds. The lowest BCUT2D eigenvalue weighted by molar-refractivity contribution is -0.0783. The summed E-state index contributed by atoms with van der Waals surface area (Å²) in [4.78, 5) is 7.11. The number of hydrogen-bond donors (Lipinski definition) is 2. The van der Waals surface area contributed by atoms with Gasteiger partial charge in [0.05, 0.1) is 36.2 Å². The van der Waals surface area contributed by atoms with Gasteiger partial charge in [-0.2, -0.15) is 29.4 Å². The Labute approximate surface area is 177 Å². The lowest BCUT2D eigenvalue weighted by atomic mass is 10.1. The molecule has 0 saturated carbocycles. The van der Waals surface area contributed by atoms with Gasteiger partial charge in [-0.1, -0.05) is 20.4 Å². The molecule has 0 atom stereocenters. The maximum atomic E-state index is 12.9. The Morgan fingerprint density at radius 3 is 2.55 bits per heavy atom. The summed E-state index contributed by atoms with van der Waals surface area (Å²) in [6, 6.07) is 6.09. The van der Waals surface area contributed by atoms with Gasteiger partial charge in [0.15, 0.2) is 5.75 Å². The van der Waals surface area contributed by atoms with E-state index in [1.807, 2.05) is 19.9 Å². The number of hydrogen-bond acceptors (Lipinski definition) is 7. The lowest BCUT2D eigenvalue weighted by Gasteiger charge is -2.12. The highest BCUT2D eigenvalue weighted by Crippen LogP contribution is 2.33. The zero-order chi connectivity index (χ0) is 23.2. The standard InChI is InChI=1S/C20H22F3N5O3/c1-4-16-18(17(5-2)28(27-16)6-7-29)30-15-9-13(11-24)8-14(10-15)12(3)26-19(31-25)20(21,22)23/h8-10,29H,3-7,25H2,1-2H3. The Hall–Kier alpha value is -3.36. The molecular weight excluding hydrogens is 415 g/mol. The maximum absolute atomic E-state index is 12.9. The minimum Gasteiger partial charge on any atom is -0.453 e. The first-order valence-corrected chi connectivity index (χ1v) is 9.32. The van der Waals surface area contributed by atoms with E-state index in [1.54, 1.807) is 4.68 Å². The number of aromatic nitrogens is 2. The Kier molecular flexibility index (Phi) is 7.79. The summed E-state index contributed by atoms with van der Waals surface area (Å²) in [6.45, 7) is 7.48. The topological polar surface area (TPSA) is 119 Å². The molecule has 0 radical (unpaired) electrons. The average Bonchev–Trinajstić information content (AvgIpc) is 3.06. The highest BCUT2D eigenvalue weighted by molar-refractivity contribution is 5.87. The molecule has 0 fully saturated rings. The third kappa shape index (κ3) is 5.62. The first-order chi connectivity index (χ1) is 14.7. The molecular formula is C20H22F3N5O3. The fourth-order valence-electron chi connectivity index (χ4n) is 2.86. The number of aliphatic imine (C=N–C) groups is 1. The first kappa shape index (κ1) is 23.9. The zero-order valence-corrected chi connectivity index (χ0v) is 17.0. The molecule has 0 bridgehead atoms. The number of aliphatic hydroxyl groups excluding tert-OH is 1. The second-order valence-electron chi connectivity index (χ2n) is 6.32. The van der Waals surface area contributed by atoms with Crippen LogP contribution in [0, 0.1) is 11.3 Å². The van der Waals surface area contributed by atoms with Crippen LogP contribution >= 0.6 is 0 Å².